The van der Waals surface area contributed by atoms with Crippen LogP contribution < -0.4 is 5.32 Å². The van der Waals surface area contributed by atoms with Crippen molar-refractivity contribution in [3.63, 3.8) is 0 Å². The fraction of sp³-hybridized carbons (Fsp3) is 0.500. The first-order valence-corrected chi connectivity index (χ1v) is 7.05. The molecule has 1 rings (SSSR count). The number of carbonyl (C=O) groups excluding carboxylic acids is 1. The van der Waals surface area contributed by atoms with Crippen molar-refractivity contribution >= 4 is 17.7 Å². The molecule has 3 nitrogen and oxygen atoms in total. The molecule has 0 aliphatic heterocycles. The SMILES string of the molecule is CC(C)(O)C(C)(C)NC(=O)c1ccccc1SC(F)(F)F. The maximum Gasteiger partial charge on any atom is 0.446 e. The van der Waals surface area contributed by atoms with Gasteiger partial charge in [-0.15, -0.1) is 0 Å². The zero-order valence-electron chi connectivity index (χ0n) is 12.2. The average molecular weight is 321 g/mol. The van der Waals surface area contributed by atoms with Gasteiger partial charge in [-0.2, -0.15) is 13.2 Å². The van der Waals surface area contributed by atoms with Crippen LogP contribution in [0.3, 0.4) is 0 Å². The molecule has 0 unspecified atom stereocenters. The van der Waals surface area contributed by atoms with Crippen LogP contribution in [0.2, 0.25) is 0 Å². The van der Waals surface area contributed by atoms with Crippen molar-refractivity contribution in [2.45, 2.75) is 49.2 Å². The standard InChI is InChI=1S/C14H18F3NO2S/c1-12(2,13(3,4)20)18-11(19)9-7-5-6-8-10(9)21-14(15,16)17/h5-8,20H,1-4H3,(H,18,19). The van der Waals surface area contributed by atoms with E-state index in [4.69, 9.17) is 0 Å². The van der Waals surface area contributed by atoms with E-state index >= 15 is 0 Å². The number of aliphatic hydroxyl groups is 1. The minimum atomic E-state index is -4.47. The molecule has 118 valence electrons. The molecular weight excluding hydrogens is 303 g/mol. The van der Waals surface area contributed by atoms with Gasteiger partial charge in [0, 0.05) is 4.90 Å². The molecule has 1 aromatic carbocycles. The molecule has 2 N–H and O–H groups in total. The topological polar surface area (TPSA) is 49.3 Å². The molecule has 7 heteroatoms. The first-order chi connectivity index (χ1) is 9.33. The number of hydrogen-bond acceptors (Lipinski definition) is 3. The molecule has 0 aromatic heterocycles. The van der Waals surface area contributed by atoms with Crippen LogP contribution in [0.1, 0.15) is 38.1 Å². The van der Waals surface area contributed by atoms with Crippen molar-refractivity contribution in [3.8, 4) is 0 Å². The molecule has 0 atom stereocenters. The second-order valence-corrected chi connectivity index (χ2v) is 6.79. The van der Waals surface area contributed by atoms with Crippen LogP contribution in [-0.2, 0) is 0 Å². The van der Waals surface area contributed by atoms with Crippen LogP contribution >= 0.6 is 11.8 Å². The van der Waals surface area contributed by atoms with Crippen molar-refractivity contribution in [1.82, 2.24) is 5.32 Å². The van der Waals surface area contributed by atoms with Gasteiger partial charge in [0.25, 0.3) is 5.91 Å². The zero-order valence-corrected chi connectivity index (χ0v) is 13.0. The van der Waals surface area contributed by atoms with Crippen LogP contribution in [-0.4, -0.2) is 27.7 Å². The summed E-state index contributed by atoms with van der Waals surface area (Å²) in [6.45, 7) is 6.24. The monoisotopic (exact) mass is 321 g/mol. The van der Waals surface area contributed by atoms with Crippen molar-refractivity contribution in [1.29, 1.82) is 0 Å². The minimum absolute atomic E-state index is 0.0721. The number of rotatable bonds is 4. The van der Waals surface area contributed by atoms with Gasteiger partial charge >= 0.3 is 5.51 Å². The predicted octanol–water partition coefficient (Wildman–Crippen LogP) is 3.58. The van der Waals surface area contributed by atoms with E-state index in [1.165, 1.54) is 38.1 Å². The van der Waals surface area contributed by atoms with Crippen LogP contribution in [0, 0.1) is 0 Å². The van der Waals surface area contributed by atoms with Gasteiger partial charge < -0.3 is 10.4 Å². The summed E-state index contributed by atoms with van der Waals surface area (Å²) in [6, 6.07) is 5.49. The molecule has 0 aliphatic carbocycles. The number of alkyl halides is 3. The fourth-order valence-electron chi connectivity index (χ4n) is 1.37. The second-order valence-electron chi connectivity index (χ2n) is 5.68. The van der Waals surface area contributed by atoms with Gasteiger partial charge in [0.15, 0.2) is 0 Å². The normalized spacial score (nSPS) is 13.1. The highest BCUT2D eigenvalue weighted by atomic mass is 32.2. The van der Waals surface area contributed by atoms with Gasteiger partial charge in [0.1, 0.15) is 0 Å². The fourth-order valence-corrected chi connectivity index (χ4v) is 2.04. The summed E-state index contributed by atoms with van der Waals surface area (Å²) in [5.41, 5.74) is -6.77. The molecule has 1 amide bonds. The number of hydrogen-bond donors (Lipinski definition) is 2. The Balaban J connectivity index is 3.04. The van der Waals surface area contributed by atoms with Gasteiger partial charge in [-0.1, -0.05) is 12.1 Å². The van der Waals surface area contributed by atoms with Crippen molar-refractivity contribution in [3.05, 3.63) is 29.8 Å². The smallest absolute Gasteiger partial charge is 0.388 e. The lowest BCUT2D eigenvalue weighted by Crippen LogP contribution is -2.57. The molecule has 0 heterocycles. The lowest BCUT2D eigenvalue weighted by molar-refractivity contribution is -0.0328. The number of amides is 1. The Morgan fingerprint density at radius 2 is 1.67 bits per heavy atom. The Hall–Kier alpha value is -1.21. The first kappa shape index (κ1) is 17.8. The highest BCUT2D eigenvalue weighted by molar-refractivity contribution is 8.00. The minimum Gasteiger partial charge on any atom is -0.388 e. The Bertz CT molecular complexity index is 522. The summed E-state index contributed by atoms with van der Waals surface area (Å²) < 4.78 is 37.5. The molecule has 0 saturated carbocycles. The molecule has 21 heavy (non-hydrogen) atoms. The molecular formula is C14H18F3NO2S. The number of carbonyl (C=O) groups is 1. The van der Waals surface area contributed by atoms with Crippen molar-refractivity contribution in [2.75, 3.05) is 0 Å². The third-order valence-corrected chi connectivity index (χ3v) is 4.12. The van der Waals surface area contributed by atoms with Crippen molar-refractivity contribution < 1.29 is 23.1 Å². The molecule has 0 spiro atoms. The number of benzene rings is 1. The second kappa shape index (κ2) is 5.88. The summed E-state index contributed by atoms with van der Waals surface area (Å²) in [5.74, 6) is -0.658. The molecule has 0 saturated heterocycles. The largest absolute Gasteiger partial charge is 0.446 e. The van der Waals surface area contributed by atoms with Crippen molar-refractivity contribution in [2.24, 2.45) is 0 Å². The van der Waals surface area contributed by atoms with E-state index in [1.807, 2.05) is 0 Å². The lowest BCUT2D eigenvalue weighted by Gasteiger charge is -2.38. The third-order valence-electron chi connectivity index (χ3n) is 3.31. The van der Waals surface area contributed by atoms with E-state index in [-0.39, 0.29) is 22.2 Å². The summed E-state index contributed by atoms with van der Waals surface area (Å²) in [4.78, 5) is 12.0. The van der Waals surface area contributed by atoms with E-state index in [1.54, 1.807) is 13.8 Å². The summed E-state index contributed by atoms with van der Waals surface area (Å²) in [6.07, 6.45) is 0. The first-order valence-electron chi connectivity index (χ1n) is 6.23. The predicted molar refractivity (Wildman–Crippen MR) is 76.2 cm³/mol. The average Bonchev–Trinajstić information content (AvgIpc) is 2.25. The van der Waals surface area contributed by atoms with Gasteiger partial charge in [-0.25, -0.2) is 0 Å². The Kier molecular flexibility index (Phi) is 5.00. The summed E-state index contributed by atoms with van der Waals surface area (Å²) in [7, 11) is 0. The third kappa shape index (κ3) is 4.93. The molecule has 0 radical (unpaired) electrons. The molecule has 0 bridgehead atoms. The Morgan fingerprint density at radius 3 is 2.14 bits per heavy atom. The number of halogens is 3. The van der Waals surface area contributed by atoms with Gasteiger partial charge in [-0.05, 0) is 51.6 Å². The van der Waals surface area contributed by atoms with Gasteiger partial charge in [-0.3, -0.25) is 4.79 Å². The molecule has 1 aromatic rings. The van der Waals surface area contributed by atoms with Crippen LogP contribution in [0.4, 0.5) is 13.2 Å². The highest BCUT2D eigenvalue weighted by Crippen LogP contribution is 2.38. The van der Waals surface area contributed by atoms with Gasteiger partial charge in [0.2, 0.25) is 0 Å². The zero-order chi connectivity index (χ0) is 16.5. The quantitative estimate of drug-likeness (QED) is 0.834. The number of nitrogens with one attached hydrogen (secondary N) is 1. The van der Waals surface area contributed by atoms with E-state index in [0.717, 1.165) is 0 Å². The Labute approximate surface area is 125 Å². The van der Waals surface area contributed by atoms with E-state index in [2.05, 4.69) is 5.32 Å². The van der Waals surface area contributed by atoms with Crippen LogP contribution in [0.25, 0.3) is 0 Å². The van der Waals surface area contributed by atoms with E-state index in [0.29, 0.717) is 0 Å². The lowest BCUT2D eigenvalue weighted by atomic mass is 9.86. The van der Waals surface area contributed by atoms with Crippen LogP contribution in [0.15, 0.2) is 29.2 Å². The highest BCUT2D eigenvalue weighted by Gasteiger charge is 2.37. The summed E-state index contributed by atoms with van der Waals surface area (Å²) in [5, 5.41) is 12.6. The van der Waals surface area contributed by atoms with E-state index < -0.39 is 22.6 Å². The van der Waals surface area contributed by atoms with Crippen LogP contribution in [0.5, 0.6) is 0 Å². The number of thioether (sulfide) groups is 1. The summed E-state index contributed by atoms with van der Waals surface area (Å²) >= 11 is -0.334. The van der Waals surface area contributed by atoms with Gasteiger partial charge in [0.05, 0.1) is 16.7 Å². The Morgan fingerprint density at radius 1 is 1.14 bits per heavy atom. The molecule has 0 fully saturated rings. The van der Waals surface area contributed by atoms with E-state index in [9.17, 15) is 23.1 Å². The molecule has 0 aliphatic rings. The maximum absolute atomic E-state index is 12.5. The maximum atomic E-state index is 12.5.